The van der Waals surface area contributed by atoms with E-state index in [0.29, 0.717) is 17.7 Å². The molecule has 2 atom stereocenters. The fourth-order valence-electron chi connectivity index (χ4n) is 2.61. The zero-order valence-electron chi connectivity index (χ0n) is 10.4. The van der Waals surface area contributed by atoms with Crippen LogP contribution >= 0.6 is 0 Å². The Bertz CT molecular complexity index is 405. The largest absolute Gasteiger partial charge is 0.487 e. The highest BCUT2D eigenvalue weighted by atomic mass is 19.1. The maximum absolute atomic E-state index is 13.1. The highest BCUT2D eigenvalue weighted by molar-refractivity contribution is 5.38. The summed E-state index contributed by atoms with van der Waals surface area (Å²) in [6.07, 6.45) is 2.71. The van der Waals surface area contributed by atoms with Crippen molar-refractivity contribution in [3.8, 4) is 5.75 Å². The van der Waals surface area contributed by atoms with E-state index >= 15 is 0 Å². The summed E-state index contributed by atoms with van der Waals surface area (Å²) in [5, 5.41) is 10.1. The van der Waals surface area contributed by atoms with Crippen LogP contribution in [0.3, 0.4) is 0 Å². The van der Waals surface area contributed by atoms with Gasteiger partial charge in [-0.15, -0.1) is 0 Å². The number of rotatable bonds is 3. The standard InChI is InChI=1S/C14H19FO2/c1-3-7-14(4-2)9-12(16)11-8-10(15)5-6-13(11)17-14/h5-6,8,12,16H,3-4,7,9H2,1-2H3. The van der Waals surface area contributed by atoms with Crippen molar-refractivity contribution < 1.29 is 14.2 Å². The number of ether oxygens (including phenoxy) is 1. The molecule has 1 N–H and O–H groups in total. The lowest BCUT2D eigenvalue weighted by molar-refractivity contribution is -0.0234. The van der Waals surface area contributed by atoms with E-state index < -0.39 is 6.10 Å². The van der Waals surface area contributed by atoms with Crippen molar-refractivity contribution in [3.63, 3.8) is 0 Å². The second-order valence-electron chi connectivity index (χ2n) is 4.79. The second-order valence-corrected chi connectivity index (χ2v) is 4.79. The van der Waals surface area contributed by atoms with Gasteiger partial charge in [-0.1, -0.05) is 20.3 Å². The molecule has 94 valence electrons. The lowest BCUT2D eigenvalue weighted by Gasteiger charge is -2.40. The van der Waals surface area contributed by atoms with Crippen LogP contribution in [0.4, 0.5) is 4.39 Å². The Morgan fingerprint density at radius 3 is 2.88 bits per heavy atom. The lowest BCUT2D eigenvalue weighted by Crippen LogP contribution is -2.40. The minimum Gasteiger partial charge on any atom is -0.487 e. The van der Waals surface area contributed by atoms with Crippen LogP contribution in [0.2, 0.25) is 0 Å². The first kappa shape index (κ1) is 12.4. The smallest absolute Gasteiger partial charge is 0.126 e. The van der Waals surface area contributed by atoms with Crippen molar-refractivity contribution in [3.05, 3.63) is 29.6 Å². The summed E-state index contributed by atoms with van der Waals surface area (Å²) in [4.78, 5) is 0. The van der Waals surface area contributed by atoms with Crippen LogP contribution < -0.4 is 4.74 Å². The molecule has 0 fully saturated rings. The molecule has 1 heterocycles. The molecule has 3 heteroatoms. The average Bonchev–Trinajstić information content (AvgIpc) is 2.31. The minimum atomic E-state index is -0.624. The third-order valence-corrected chi connectivity index (χ3v) is 3.57. The molecule has 17 heavy (non-hydrogen) atoms. The number of benzene rings is 1. The van der Waals surface area contributed by atoms with Gasteiger partial charge in [0.2, 0.25) is 0 Å². The first-order valence-corrected chi connectivity index (χ1v) is 6.27. The van der Waals surface area contributed by atoms with Crippen LogP contribution in [0.15, 0.2) is 18.2 Å². The predicted molar refractivity (Wildman–Crippen MR) is 64.5 cm³/mol. The second kappa shape index (κ2) is 4.65. The maximum Gasteiger partial charge on any atom is 0.126 e. The minimum absolute atomic E-state index is 0.293. The van der Waals surface area contributed by atoms with Crippen molar-refractivity contribution >= 4 is 0 Å². The van der Waals surface area contributed by atoms with E-state index in [1.54, 1.807) is 6.07 Å². The van der Waals surface area contributed by atoms with Crippen LogP contribution in [-0.2, 0) is 0 Å². The molecule has 0 saturated carbocycles. The van der Waals surface area contributed by atoms with Gasteiger partial charge in [-0.05, 0) is 31.0 Å². The Morgan fingerprint density at radius 1 is 1.47 bits per heavy atom. The summed E-state index contributed by atoms with van der Waals surface area (Å²) >= 11 is 0. The van der Waals surface area contributed by atoms with Gasteiger partial charge in [0.05, 0.1) is 6.10 Å². The SMILES string of the molecule is CCCC1(CC)CC(O)c2cc(F)ccc2O1. The third kappa shape index (κ3) is 2.29. The quantitative estimate of drug-likeness (QED) is 0.872. The highest BCUT2D eigenvalue weighted by Crippen LogP contribution is 2.43. The molecule has 0 aromatic heterocycles. The Kier molecular flexibility index (Phi) is 3.38. The van der Waals surface area contributed by atoms with Gasteiger partial charge >= 0.3 is 0 Å². The van der Waals surface area contributed by atoms with Crippen LogP contribution in [0, 0.1) is 5.82 Å². The maximum atomic E-state index is 13.1. The molecule has 1 aliphatic heterocycles. The van der Waals surface area contributed by atoms with E-state index in [-0.39, 0.29) is 11.4 Å². The topological polar surface area (TPSA) is 29.5 Å². The molecule has 2 rings (SSSR count). The van der Waals surface area contributed by atoms with E-state index in [1.807, 2.05) is 0 Å². The number of fused-ring (bicyclic) bond motifs is 1. The highest BCUT2D eigenvalue weighted by Gasteiger charge is 2.38. The zero-order chi connectivity index (χ0) is 12.5. The van der Waals surface area contributed by atoms with E-state index in [1.165, 1.54) is 12.1 Å². The Morgan fingerprint density at radius 2 is 2.24 bits per heavy atom. The lowest BCUT2D eigenvalue weighted by atomic mass is 9.83. The van der Waals surface area contributed by atoms with E-state index in [4.69, 9.17) is 4.74 Å². The molecule has 1 aromatic carbocycles. The summed E-state index contributed by atoms with van der Waals surface area (Å²) < 4.78 is 19.1. The molecule has 0 amide bonds. The summed E-state index contributed by atoms with van der Waals surface area (Å²) in [6.45, 7) is 4.17. The Balaban J connectivity index is 2.35. The normalized spacial score (nSPS) is 27.4. The van der Waals surface area contributed by atoms with E-state index in [0.717, 1.165) is 19.3 Å². The number of aliphatic hydroxyl groups excluding tert-OH is 1. The number of aliphatic hydroxyl groups is 1. The summed E-state index contributed by atoms with van der Waals surface area (Å²) in [5.74, 6) is 0.298. The molecule has 0 spiro atoms. The van der Waals surface area contributed by atoms with Gasteiger partial charge in [0.15, 0.2) is 0 Å². The van der Waals surface area contributed by atoms with Gasteiger partial charge in [-0.25, -0.2) is 4.39 Å². The predicted octanol–water partition coefficient (Wildman–Crippen LogP) is 3.59. The summed E-state index contributed by atoms with van der Waals surface area (Å²) in [5.41, 5.74) is 0.282. The number of hydrogen-bond donors (Lipinski definition) is 1. The third-order valence-electron chi connectivity index (χ3n) is 3.57. The van der Waals surface area contributed by atoms with Gasteiger partial charge in [0.25, 0.3) is 0 Å². The molecule has 1 aromatic rings. The van der Waals surface area contributed by atoms with Gasteiger partial charge < -0.3 is 9.84 Å². The van der Waals surface area contributed by atoms with Crippen molar-refractivity contribution in [1.82, 2.24) is 0 Å². The molecule has 0 saturated heterocycles. The van der Waals surface area contributed by atoms with Gasteiger partial charge in [-0.3, -0.25) is 0 Å². The van der Waals surface area contributed by atoms with Gasteiger partial charge in [-0.2, -0.15) is 0 Å². The molecule has 0 radical (unpaired) electrons. The monoisotopic (exact) mass is 238 g/mol. The first-order chi connectivity index (χ1) is 8.10. The fraction of sp³-hybridized carbons (Fsp3) is 0.571. The molecule has 0 aliphatic carbocycles. The average molecular weight is 238 g/mol. The molecular formula is C14H19FO2. The van der Waals surface area contributed by atoms with Crippen molar-refractivity contribution in [2.75, 3.05) is 0 Å². The van der Waals surface area contributed by atoms with Gasteiger partial charge in [0, 0.05) is 12.0 Å². The first-order valence-electron chi connectivity index (χ1n) is 6.27. The van der Waals surface area contributed by atoms with Gasteiger partial charge in [0.1, 0.15) is 17.2 Å². The molecule has 1 aliphatic rings. The fourth-order valence-corrected chi connectivity index (χ4v) is 2.61. The zero-order valence-corrected chi connectivity index (χ0v) is 10.4. The van der Waals surface area contributed by atoms with Crippen molar-refractivity contribution in [2.24, 2.45) is 0 Å². The Labute approximate surface area is 101 Å². The molecule has 2 nitrogen and oxygen atoms in total. The number of hydrogen-bond acceptors (Lipinski definition) is 2. The molecule has 0 bridgehead atoms. The van der Waals surface area contributed by atoms with E-state index in [2.05, 4.69) is 13.8 Å². The van der Waals surface area contributed by atoms with Crippen LogP contribution in [0.5, 0.6) is 5.75 Å². The Hall–Kier alpha value is -1.09. The summed E-state index contributed by atoms with van der Waals surface area (Å²) in [6, 6.07) is 4.36. The van der Waals surface area contributed by atoms with E-state index in [9.17, 15) is 9.50 Å². The van der Waals surface area contributed by atoms with Crippen LogP contribution in [0.25, 0.3) is 0 Å². The number of halogens is 1. The molecule has 2 unspecified atom stereocenters. The van der Waals surface area contributed by atoms with Crippen molar-refractivity contribution in [2.45, 2.75) is 51.2 Å². The van der Waals surface area contributed by atoms with Crippen molar-refractivity contribution in [1.29, 1.82) is 0 Å². The van der Waals surface area contributed by atoms with Crippen LogP contribution in [0.1, 0.15) is 51.2 Å². The molecular weight excluding hydrogens is 219 g/mol. The summed E-state index contributed by atoms with van der Waals surface area (Å²) in [7, 11) is 0. The van der Waals surface area contributed by atoms with Crippen LogP contribution in [-0.4, -0.2) is 10.7 Å².